The molecule has 0 unspecified atom stereocenters. The van der Waals surface area contributed by atoms with E-state index < -0.39 is 27.0 Å². The summed E-state index contributed by atoms with van der Waals surface area (Å²) in [4.78, 5) is 9.63. The van der Waals surface area contributed by atoms with Crippen molar-refractivity contribution >= 4 is 37.1 Å². The minimum atomic E-state index is -1.25. The van der Waals surface area contributed by atoms with Crippen molar-refractivity contribution in [1.82, 2.24) is 9.97 Å². The number of pyridine rings is 2. The van der Waals surface area contributed by atoms with E-state index in [1.165, 1.54) is 40.0 Å². The molecular formula is C75H60N2O2P2Pt2. The zero-order valence-corrected chi connectivity index (χ0v) is 52.0. The zero-order chi connectivity index (χ0) is 54.9. The average Bonchev–Trinajstić information content (AvgIpc) is 2.46. The maximum absolute atomic E-state index is 11.9. The third kappa shape index (κ3) is 12.3. The number of hydrogen-bond donors (Lipinski definition) is 2. The molecule has 0 bridgehead atoms. The van der Waals surface area contributed by atoms with Crippen LogP contribution in [-0.2, 0) is 53.3 Å². The Bertz CT molecular complexity index is 3600. The van der Waals surface area contributed by atoms with E-state index in [1.54, 1.807) is 0 Å². The summed E-state index contributed by atoms with van der Waals surface area (Å²) in [5, 5.41) is 29.8. The molecule has 2 heterocycles. The van der Waals surface area contributed by atoms with Gasteiger partial charge in [-0.15, -0.1) is 71.8 Å². The van der Waals surface area contributed by atoms with E-state index in [9.17, 15) is 10.2 Å². The van der Waals surface area contributed by atoms with Gasteiger partial charge >= 0.3 is 0 Å². The summed E-state index contributed by atoms with van der Waals surface area (Å²) in [6.45, 7) is 0. The van der Waals surface area contributed by atoms with Crippen molar-refractivity contribution in [2.75, 3.05) is 12.3 Å². The normalized spacial score (nSPS) is 12.6. The van der Waals surface area contributed by atoms with Crippen molar-refractivity contribution in [1.29, 1.82) is 0 Å². The molecule has 4 nitrogen and oxygen atoms in total. The summed E-state index contributed by atoms with van der Waals surface area (Å²) in [5.41, 5.74) is 9.94. The molecule has 2 aliphatic carbocycles. The molecule has 0 fully saturated rings. The number of benzene rings is 10. The fourth-order valence-corrected chi connectivity index (χ4v) is 17.2. The molecule has 412 valence electrons. The Morgan fingerprint density at radius 3 is 0.867 bits per heavy atom. The van der Waals surface area contributed by atoms with Gasteiger partial charge in [-0.1, -0.05) is 194 Å². The average molecular weight is 1470 g/mol. The van der Waals surface area contributed by atoms with E-state index in [4.69, 9.17) is 9.97 Å². The van der Waals surface area contributed by atoms with Crippen molar-refractivity contribution < 1.29 is 52.3 Å². The summed E-state index contributed by atoms with van der Waals surface area (Å²) in [5.74, 6) is 0. The Morgan fingerprint density at radius 1 is 0.301 bits per heavy atom. The maximum atomic E-state index is 11.9. The first-order valence-corrected chi connectivity index (χ1v) is 31.1. The van der Waals surface area contributed by atoms with Crippen molar-refractivity contribution in [2.24, 2.45) is 0 Å². The topological polar surface area (TPSA) is 66.2 Å². The van der Waals surface area contributed by atoms with E-state index in [0.29, 0.717) is 11.4 Å². The molecule has 0 saturated heterocycles. The van der Waals surface area contributed by atoms with Crippen LogP contribution in [0.3, 0.4) is 0 Å². The third-order valence-corrected chi connectivity index (χ3v) is 21.2. The van der Waals surface area contributed by atoms with Crippen LogP contribution in [0.2, 0.25) is 0 Å². The van der Waals surface area contributed by atoms with Crippen molar-refractivity contribution in [3.05, 3.63) is 349 Å². The molecule has 0 radical (unpaired) electrons. The van der Waals surface area contributed by atoms with Gasteiger partial charge in [0.1, 0.15) is 0 Å². The molecule has 2 aromatic heterocycles. The van der Waals surface area contributed by atoms with Gasteiger partial charge < -0.3 is 10.2 Å². The summed E-state index contributed by atoms with van der Waals surface area (Å²) < 4.78 is 0. The number of rotatable bonds is 12. The summed E-state index contributed by atoms with van der Waals surface area (Å²) in [7, 11) is -1.48. The van der Waals surface area contributed by atoms with Gasteiger partial charge in [0.2, 0.25) is 0 Å². The summed E-state index contributed by atoms with van der Waals surface area (Å²) in [6.07, 6.45) is 3.84. The fraction of sp³-hybridized carbons (Fsp3) is 0.0667. The second-order valence-electron chi connectivity index (χ2n) is 20.2. The summed E-state index contributed by atoms with van der Waals surface area (Å²) >= 11 is 0. The number of fused-ring (bicyclic) bond motifs is 6. The van der Waals surface area contributed by atoms with E-state index >= 15 is 0 Å². The van der Waals surface area contributed by atoms with Gasteiger partial charge in [0.15, 0.2) is 11.2 Å². The number of nitrogens with zero attached hydrogens (tertiary/aromatic N) is 2. The van der Waals surface area contributed by atoms with Crippen LogP contribution in [0.4, 0.5) is 0 Å². The second kappa shape index (κ2) is 27.4. The first-order valence-electron chi connectivity index (χ1n) is 27.6. The Hall–Kier alpha value is -7.34. The van der Waals surface area contributed by atoms with Crippen LogP contribution in [0, 0.1) is 12.1 Å². The van der Waals surface area contributed by atoms with E-state index in [1.807, 2.05) is 158 Å². The maximum Gasteiger partial charge on any atom is 0.157 e. The number of hydrogen-bond acceptors (Lipinski definition) is 4. The van der Waals surface area contributed by atoms with Gasteiger partial charge in [0, 0.05) is 70.8 Å². The van der Waals surface area contributed by atoms with Crippen LogP contribution in [0.5, 0.6) is 0 Å². The van der Waals surface area contributed by atoms with Crippen LogP contribution in [0.25, 0.3) is 44.8 Å². The van der Waals surface area contributed by atoms with Crippen LogP contribution < -0.4 is 21.2 Å². The standard InChI is InChI=1S/C27H26P2.2C24H16NO.2Pt/c1-5-14-24(15-6-1)28(25-16-7-2-8-17-25)22-13-23-29(26-18-9-3-10-19-26)27-20-11-4-12-21-27;2*26-24(23-16-8-15-22(25-23)17-9-2-1-3-10-17)20-13-6-4-11-18(20)19-12-5-7-14-21(19)24;;/h1-12,14-21H,13,22-23H2;2*1-9,11-16,26H;;/q;2*-1;;/p+2. The monoisotopic (exact) mass is 1470 g/mol. The minimum Gasteiger partial charge on any atom is -0.374 e. The van der Waals surface area contributed by atoms with Crippen LogP contribution in [0.15, 0.2) is 303 Å². The Kier molecular flexibility index (Phi) is 19.4. The van der Waals surface area contributed by atoms with Gasteiger partial charge in [0.25, 0.3) is 0 Å². The molecule has 0 atom stereocenters. The van der Waals surface area contributed by atoms with Gasteiger partial charge in [-0.2, -0.15) is 0 Å². The van der Waals surface area contributed by atoms with E-state index in [2.05, 4.69) is 158 Å². The van der Waals surface area contributed by atoms with Gasteiger partial charge in [-0.05, 0) is 94.3 Å². The Morgan fingerprint density at radius 2 is 0.578 bits per heavy atom. The molecular weight excluding hydrogens is 1410 g/mol. The zero-order valence-electron chi connectivity index (χ0n) is 45.4. The van der Waals surface area contributed by atoms with Gasteiger partial charge in [-0.25, -0.2) is 0 Å². The largest absolute Gasteiger partial charge is 0.374 e. The number of aromatic nitrogens is 2. The molecule has 0 spiro atoms. The predicted octanol–water partition coefficient (Wildman–Crippen LogP) is 14.7. The third-order valence-electron chi connectivity index (χ3n) is 15.4. The molecule has 8 heteroatoms. The van der Waals surface area contributed by atoms with E-state index in [-0.39, 0.29) is 42.1 Å². The summed E-state index contributed by atoms with van der Waals surface area (Å²) in [6, 6.07) is 110. The smallest absolute Gasteiger partial charge is 0.157 e. The Balaban J connectivity index is 0.000000138. The van der Waals surface area contributed by atoms with Crippen molar-refractivity contribution in [3.63, 3.8) is 0 Å². The van der Waals surface area contributed by atoms with Gasteiger partial charge in [-0.3, -0.25) is 9.97 Å². The SMILES string of the molecule is OC1(c2cccc(-c3[c-]cccc3)n2)c2ccccc2-c2ccccc21.OC1(c2cccc(-c3[c-]cccc3)n2)c2ccccc2-c2ccccc21.[Pt].[Pt].c1ccc([PH+](CCC[PH+](c2ccccc2)c2ccccc2)c2ccccc2)cc1. The van der Waals surface area contributed by atoms with Crippen LogP contribution in [0.1, 0.15) is 40.1 Å². The first kappa shape index (κ1) is 58.8. The first-order chi connectivity index (χ1) is 40.0. The molecule has 0 aliphatic heterocycles. The quantitative estimate of drug-likeness (QED) is 0.0945. The van der Waals surface area contributed by atoms with Crippen LogP contribution in [-0.4, -0.2) is 32.5 Å². The molecule has 10 aromatic carbocycles. The molecule has 0 saturated carbocycles. The minimum absolute atomic E-state index is 0. The fourth-order valence-electron chi connectivity index (χ4n) is 11.6. The van der Waals surface area contributed by atoms with Crippen molar-refractivity contribution in [3.8, 4) is 44.8 Å². The molecule has 2 aliphatic rings. The van der Waals surface area contributed by atoms with E-state index in [0.717, 1.165) is 67.0 Å². The van der Waals surface area contributed by atoms with Crippen molar-refractivity contribution in [2.45, 2.75) is 17.6 Å². The molecule has 14 rings (SSSR count). The van der Waals surface area contributed by atoms with Crippen LogP contribution >= 0.6 is 15.8 Å². The van der Waals surface area contributed by atoms with Gasteiger partial charge in [0.05, 0.1) is 60.8 Å². The molecule has 83 heavy (non-hydrogen) atoms. The molecule has 12 aromatic rings. The number of aliphatic hydroxyl groups is 2. The Labute approximate surface area is 519 Å². The molecule has 0 amide bonds. The second-order valence-corrected chi connectivity index (χ2v) is 25.5. The molecule has 2 N–H and O–H groups in total. The predicted molar refractivity (Wildman–Crippen MR) is 340 cm³/mol.